The van der Waals surface area contributed by atoms with Crippen LogP contribution in [0.1, 0.15) is 26.3 Å². The summed E-state index contributed by atoms with van der Waals surface area (Å²) in [5.41, 5.74) is 1.47. The fraction of sp³-hybridized carbons (Fsp3) is 0.125. The minimum atomic E-state index is -1.03. The normalized spacial score (nSPS) is 10.1. The topological polar surface area (TPSA) is 66.4 Å². The maximum atomic E-state index is 12.7. The summed E-state index contributed by atoms with van der Waals surface area (Å²) in [6.45, 7) is 0.422. The Morgan fingerprint density at radius 2 is 1.52 bits per heavy atom. The molecule has 2 rings (SSSR count). The third kappa shape index (κ3) is 4.14. The first-order valence-corrected chi connectivity index (χ1v) is 6.42. The van der Waals surface area contributed by atoms with Gasteiger partial charge in [0.05, 0.1) is 5.56 Å². The largest absolute Gasteiger partial charge is 0.478 e. The van der Waals surface area contributed by atoms with Crippen LogP contribution in [0, 0.1) is 5.82 Å². The van der Waals surface area contributed by atoms with Gasteiger partial charge >= 0.3 is 5.97 Å². The van der Waals surface area contributed by atoms with Gasteiger partial charge in [-0.15, -0.1) is 0 Å². The highest BCUT2D eigenvalue weighted by atomic mass is 19.1. The number of carbonyl (C=O) groups is 2. The number of aromatic carboxylic acids is 1. The lowest BCUT2D eigenvalue weighted by Gasteiger charge is -2.06. The third-order valence-electron chi connectivity index (χ3n) is 3.01. The molecule has 0 spiro atoms. The second-order valence-corrected chi connectivity index (χ2v) is 4.51. The highest BCUT2D eigenvalue weighted by Gasteiger charge is 2.07. The molecule has 0 aliphatic rings. The molecule has 4 nitrogen and oxygen atoms in total. The minimum absolute atomic E-state index is 0.137. The molecule has 5 heteroatoms. The summed E-state index contributed by atoms with van der Waals surface area (Å²) in [4.78, 5) is 22.6. The van der Waals surface area contributed by atoms with E-state index in [0.717, 1.165) is 5.56 Å². The number of carbonyl (C=O) groups excluding carboxylic acids is 1. The summed E-state index contributed by atoms with van der Waals surface area (Å²) < 4.78 is 12.7. The Hall–Kier alpha value is -2.69. The number of amides is 1. The smallest absolute Gasteiger partial charge is 0.335 e. The van der Waals surface area contributed by atoms with Gasteiger partial charge in [-0.3, -0.25) is 4.79 Å². The van der Waals surface area contributed by atoms with Gasteiger partial charge in [0.1, 0.15) is 5.82 Å². The van der Waals surface area contributed by atoms with Crippen molar-refractivity contribution >= 4 is 11.9 Å². The Bertz CT molecular complexity index is 636. The summed E-state index contributed by atoms with van der Waals surface area (Å²) in [5.74, 6) is -1.59. The molecule has 0 aliphatic heterocycles. The number of carboxylic acid groups (broad SMARTS) is 1. The van der Waals surface area contributed by atoms with Crippen LogP contribution in [0.3, 0.4) is 0 Å². The molecule has 0 heterocycles. The zero-order valence-electron chi connectivity index (χ0n) is 11.2. The number of hydrogen-bond donors (Lipinski definition) is 2. The van der Waals surface area contributed by atoms with Crippen LogP contribution in [0.2, 0.25) is 0 Å². The van der Waals surface area contributed by atoms with E-state index in [1.807, 2.05) is 0 Å². The maximum absolute atomic E-state index is 12.7. The molecule has 0 saturated carbocycles. The predicted molar refractivity (Wildman–Crippen MR) is 75.8 cm³/mol. The fourth-order valence-electron chi connectivity index (χ4n) is 1.84. The van der Waals surface area contributed by atoms with E-state index in [4.69, 9.17) is 5.11 Å². The Morgan fingerprint density at radius 3 is 2.10 bits per heavy atom. The molecule has 0 aliphatic carbocycles. The lowest BCUT2D eigenvalue weighted by atomic mass is 10.1. The van der Waals surface area contributed by atoms with Gasteiger partial charge in [-0.2, -0.15) is 0 Å². The summed E-state index contributed by atoms with van der Waals surface area (Å²) in [5, 5.41) is 11.5. The average Bonchev–Trinajstić information content (AvgIpc) is 2.49. The molecule has 0 radical (unpaired) electrons. The van der Waals surface area contributed by atoms with E-state index in [0.29, 0.717) is 18.5 Å². The van der Waals surface area contributed by atoms with Gasteiger partial charge < -0.3 is 10.4 Å². The summed E-state index contributed by atoms with van der Waals surface area (Å²) in [6, 6.07) is 11.8. The highest BCUT2D eigenvalue weighted by molar-refractivity contribution is 5.95. The summed E-state index contributed by atoms with van der Waals surface area (Å²) in [6.07, 6.45) is 0.596. The number of hydrogen-bond acceptors (Lipinski definition) is 2. The van der Waals surface area contributed by atoms with Crippen LogP contribution >= 0.6 is 0 Å². The third-order valence-corrected chi connectivity index (χ3v) is 3.01. The molecule has 21 heavy (non-hydrogen) atoms. The van der Waals surface area contributed by atoms with Gasteiger partial charge in [0, 0.05) is 12.1 Å². The number of nitrogens with one attached hydrogen (secondary N) is 1. The van der Waals surface area contributed by atoms with Gasteiger partial charge in [0.15, 0.2) is 0 Å². The van der Waals surface area contributed by atoms with Crippen molar-refractivity contribution in [3.63, 3.8) is 0 Å². The number of benzene rings is 2. The van der Waals surface area contributed by atoms with Crippen molar-refractivity contribution in [2.75, 3.05) is 6.54 Å². The molecular formula is C16H14FNO3. The van der Waals surface area contributed by atoms with Crippen molar-refractivity contribution in [1.29, 1.82) is 0 Å². The zero-order chi connectivity index (χ0) is 15.2. The van der Waals surface area contributed by atoms with Crippen molar-refractivity contribution in [2.45, 2.75) is 6.42 Å². The van der Waals surface area contributed by atoms with Crippen molar-refractivity contribution in [2.24, 2.45) is 0 Å². The molecule has 0 aromatic heterocycles. The monoisotopic (exact) mass is 287 g/mol. The van der Waals surface area contributed by atoms with Crippen molar-refractivity contribution in [3.8, 4) is 0 Å². The molecule has 2 N–H and O–H groups in total. The van der Waals surface area contributed by atoms with Crippen LogP contribution in [0.15, 0.2) is 48.5 Å². The Kier molecular flexibility index (Phi) is 4.66. The first-order valence-electron chi connectivity index (χ1n) is 6.42. The standard InChI is InChI=1S/C16H14FNO3/c17-14-7-1-11(2-8-14)9-10-18-15(19)12-3-5-13(6-4-12)16(20)21/h1-8H,9-10H2,(H,18,19)(H,20,21). The lowest BCUT2D eigenvalue weighted by Crippen LogP contribution is -2.25. The molecule has 0 atom stereocenters. The second-order valence-electron chi connectivity index (χ2n) is 4.51. The van der Waals surface area contributed by atoms with E-state index in [9.17, 15) is 14.0 Å². The first kappa shape index (κ1) is 14.7. The Labute approximate surface area is 121 Å². The molecule has 2 aromatic rings. The SMILES string of the molecule is O=C(O)c1ccc(C(=O)NCCc2ccc(F)cc2)cc1. The molecular weight excluding hydrogens is 273 g/mol. The first-order chi connectivity index (χ1) is 10.1. The zero-order valence-corrected chi connectivity index (χ0v) is 11.2. The number of halogens is 1. The van der Waals surface area contributed by atoms with Crippen LogP contribution in [0.5, 0.6) is 0 Å². The maximum Gasteiger partial charge on any atom is 0.335 e. The van der Waals surface area contributed by atoms with Gasteiger partial charge in [0.25, 0.3) is 5.91 Å². The molecule has 0 saturated heterocycles. The van der Waals surface area contributed by atoms with Gasteiger partial charge in [-0.25, -0.2) is 9.18 Å². The molecule has 108 valence electrons. The Morgan fingerprint density at radius 1 is 0.952 bits per heavy atom. The van der Waals surface area contributed by atoms with Gasteiger partial charge in [-0.05, 0) is 48.4 Å². The Balaban J connectivity index is 1.86. The van der Waals surface area contributed by atoms with E-state index < -0.39 is 5.97 Å². The van der Waals surface area contributed by atoms with Crippen molar-refractivity contribution < 1.29 is 19.1 Å². The van der Waals surface area contributed by atoms with E-state index >= 15 is 0 Å². The van der Waals surface area contributed by atoms with Crippen LogP contribution in [0.4, 0.5) is 4.39 Å². The molecule has 1 amide bonds. The number of rotatable bonds is 5. The molecule has 0 bridgehead atoms. The lowest BCUT2D eigenvalue weighted by molar-refractivity contribution is 0.0696. The number of carboxylic acids is 1. The van der Waals surface area contributed by atoms with E-state index in [2.05, 4.69) is 5.32 Å². The summed E-state index contributed by atoms with van der Waals surface area (Å²) in [7, 11) is 0. The fourth-order valence-corrected chi connectivity index (χ4v) is 1.84. The highest BCUT2D eigenvalue weighted by Crippen LogP contribution is 2.05. The van der Waals surface area contributed by atoms with Crippen LogP contribution in [-0.2, 0) is 6.42 Å². The van der Waals surface area contributed by atoms with Gasteiger partial charge in [0.2, 0.25) is 0 Å². The van der Waals surface area contributed by atoms with Crippen LogP contribution < -0.4 is 5.32 Å². The second kappa shape index (κ2) is 6.65. The molecule has 0 unspecified atom stereocenters. The van der Waals surface area contributed by atoms with Crippen LogP contribution in [0.25, 0.3) is 0 Å². The quantitative estimate of drug-likeness (QED) is 0.888. The van der Waals surface area contributed by atoms with E-state index in [1.54, 1.807) is 12.1 Å². The minimum Gasteiger partial charge on any atom is -0.478 e. The summed E-state index contributed by atoms with van der Waals surface area (Å²) >= 11 is 0. The average molecular weight is 287 g/mol. The predicted octanol–water partition coefficient (Wildman–Crippen LogP) is 2.50. The van der Waals surface area contributed by atoms with Crippen LogP contribution in [-0.4, -0.2) is 23.5 Å². The molecule has 0 fully saturated rings. The van der Waals surface area contributed by atoms with Gasteiger partial charge in [-0.1, -0.05) is 12.1 Å². The van der Waals surface area contributed by atoms with Crippen molar-refractivity contribution in [1.82, 2.24) is 5.32 Å². The molecule has 2 aromatic carbocycles. The van der Waals surface area contributed by atoms with Crippen molar-refractivity contribution in [3.05, 3.63) is 71.0 Å². The van der Waals surface area contributed by atoms with E-state index in [1.165, 1.54) is 36.4 Å². The van der Waals surface area contributed by atoms with E-state index in [-0.39, 0.29) is 17.3 Å².